The Kier molecular flexibility index (Phi) is 3.22. The molecule has 1 unspecified atom stereocenters. The summed E-state index contributed by atoms with van der Waals surface area (Å²) < 4.78 is 14.0. The first-order chi connectivity index (χ1) is 6.83. The van der Waals surface area contributed by atoms with Crippen LogP contribution < -0.4 is 0 Å². The molecule has 0 spiro atoms. The first-order valence-corrected chi connectivity index (χ1v) is 5.92. The van der Waals surface area contributed by atoms with Gasteiger partial charge in [0, 0.05) is 10.4 Å². The minimum absolute atomic E-state index is 0.110. The zero-order chi connectivity index (χ0) is 9.97. The van der Waals surface area contributed by atoms with Crippen molar-refractivity contribution in [2.75, 3.05) is 6.67 Å². The van der Waals surface area contributed by atoms with Crippen molar-refractivity contribution in [1.29, 1.82) is 0 Å². The fourth-order valence-corrected chi connectivity index (χ4v) is 2.66. The smallest absolute Gasteiger partial charge is 0.0965 e. The van der Waals surface area contributed by atoms with E-state index < -0.39 is 0 Å². The zero-order valence-corrected chi connectivity index (χ0v) is 9.63. The minimum Gasteiger partial charge on any atom is -0.250 e. The molecule has 1 aromatic rings. The van der Waals surface area contributed by atoms with Crippen LogP contribution in [0.1, 0.15) is 30.7 Å². The monoisotopic (exact) mass is 256 g/mol. The van der Waals surface area contributed by atoms with Crippen molar-refractivity contribution < 1.29 is 4.39 Å². The molecule has 0 radical (unpaired) electrons. The van der Waals surface area contributed by atoms with E-state index in [1.165, 1.54) is 19.3 Å². The van der Waals surface area contributed by atoms with Crippen molar-refractivity contribution in [2.45, 2.75) is 25.2 Å². The predicted molar refractivity (Wildman–Crippen MR) is 60.2 cm³/mol. The van der Waals surface area contributed by atoms with E-state index in [1.54, 1.807) is 0 Å². The van der Waals surface area contributed by atoms with E-state index in [-0.39, 0.29) is 12.6 Å². The molecule has 1 aliphatic carbocycles. The number of benzene rings is 1. The lowest BCUT2D eigenvalue weighted by molar-refractivity contribution is 0.226. The molecule has 1 atom stereocenters. The SMILES string of the molecule is FCC(c1ccccc1Br)C1CCC1. The molecule has 0 nitrogen and oxygen atoms in total. The lowest BCUT2D eigenvalue weighted by Gasteiger charge is -2.32. The third kappa shape index (κ3) is 1.85. The molecule has 76 valence electrons. The molecule has 14 heavy (non-hydrogen) atoms. The van der Waals surface area contributed by atoms with E-state index in [1.807, 2.05) is 24.3 Å². The lowest BCUT2D eigenvalue weighted by Crippen LogP contribution is -2.22. The van der Waals surface area contributed by atoms with Crippen molar-refractivity contribution in [1.82, 2.24) is 0 Å². The first-order valence-electron chi connectivity index (χ1n) is 5.13. The third-order valence-corrected chi connectivity index (χ3v) is 3.91. The Labute approximate surface area is 92.6 Å². The number of halogens is 2. The highest BCUT2D eigenvalue weighted by atomic mass is 79.9. The molecule has 0 aromatic heterocycles. The molecule has 2 rings (SSSR count). The highest BCUT2D eigenvalue weighted by Crippen LogP contribution is 2.41. The number of hydrogen-bond donors (Lipinski definition) is 0. The van der Waals surface area contributed by atoms with Gasteiger partial charge in [0.2, 0.25) is 0 Å². The third-order valence-electron chi connectivity index (χ3n) is 3.19. The Morgan fingerprint density at radius 3 is 2.57 bits per heavy atom. The van der Waals surface area contributed by atoms with Crippen LogP contribution in [0.4, 0.5) is 4.39 Å². The maximum atomic E-state index is 13.0. The van der Waals surface area contributed by atoms with Crippen LogP contribution in [0, 0.1) is 5.92 Å². The van der Waals surface area contributed by atoms with E-state index in [2.05, 4.69) is 15.9 Å². The standard InChI is InChI=1S/C12H14BrF/c13-12-7-2-1-6-10(12)11(8-14)9-4-3-5-9/h1-2,6-7,9,11H,3-5,8H2. The highest BCUT2D eigenvalue weighted by Gasteiger charge is 2.29. The number of alkyl halides is 1. The Balaban J connectivity index is 2.22. The van der Waals surface area contributed by atoms with E-state index >= 15 is 0 Å². The van der Waals surface area contributed by atoms with Crippen molar-refractivity contribution >= 4 is 15.9 Å². The summed E-state index contributed by atoms with van der Waals surface area (Å²) in [6.07, 6.45) is 3.65. The van der Waals surface area contributed by atoms with Crippen LogP contribution in [-0.4, -0.2) is 6.67 Å². The van der Waals surface area contributed by atoms with Gasteiger partial charge in [-0.2, -0.15) is 0 Å². The van der Waals surface area contributed by atoms with Crippen LogP contribution in [-0.2, 0) is 0 Å². The van der Waals surface area contributed by atoms with Gasteiger partial charge in [0.05, 0.1) is 6.67 Å². The van der Waals surface area contributed by atoms with Gasteiger partial charge in [-0.3, -0.25) is 4.39 Å². The summed E-state index contributed by atoms with van der Waals surface area (Å²) in [5.41, 5.74) is 1.14. The summed E-state index contributed by atoms with van der Waals surface area (Å²) in [6, 6.07) is 7.99. The first kappa shape index (κ1) is 10.2. The predicted octanol–water partition coefficient (Wildman–Crippen LogP) is 4.30. The summed E-state index contributed by atoms with van der Waals surface area (Å²) in [5, 5.41) is 0. The van der Waals surface area contributed by atoms with Crippen LogP contribution in [0.2, 0.25) is 0 Å². The molecule has 1 aromatic carbocycles. The van der Waals surface area contributed by atoms with Gasteiger partial charge in [-0.25, -0.2) is 0 Å². The second-order valence-corrected chi connectivity index (χ2v) is 4.83. The van der Waals surface area contributed by atoms with Crippen molar-refractivity contribution in [3.05, 3.63) is 34.3 Å². The molecule has 1 fully saturated rings. The van der Waals surface area contributed by atoms with Crippen LogP contribution in [0.3, 0.4) is 0 Å². The van der Waals surface area contributed by atoms with Gasteiger partial charge in [-0.1, -0.05) is 40.5 Å². The van der Waals surface area contributed by atoms with Gasteiger partial charge in [-0.05, 0) is 30.4 Å². The van der Waals surface area contributed by atoms with Gasteiger partial charge < -0.3 is 0 Å². The lowest BCUT2D eigenvalue weighted by atomic mass is 9.73. The molecule has 2 heteroatoms. The van der Waals surface area contributed by atoms with Crippen LogP contribution in [0.25, 0.3) is 0 Å². The highest BCUT2D eigenvalue weighted by molar-refractivity contribution is 9.10. The summed E-state index contributed by atoms with van der Waals surface area (Å²) in [5.74, 6) is 0.679. The topological polar surface area (TPSA) is 0 Å². The quantitative estimate of drug-likeness (QED) is 0.757. The summed E-state index contributed by atoms with van der Waals surface area (Å²) in [4.78, 5) is 0. The van der Waals surface area contributed by atoms with Crippen LogP contribution >= 0.6 is 15.9 Å². The van der Waals surface area contributed by atoms with Gasteiger partial charge in [0.1, 0.15) is 0 Å². The van der Waals surface area contributed by atoms with E-state index in [4.69, 9.17) is 0 Å². The second kappa shape index (κ2) is 4.43. The summed E-state index contributed by atoms with van der Waals surface area (Å²) >= 11 is 3.49. The van der Waals surface area contributed by atoms with E-state index in [0.717, 1.165) is 10.0 Å². The molecule has 0 amide bonds. The maximum Gasteiger partial charge on any atom is 0.0965 e. The van der Waals surface area contributed by atoms with Crippen molar-refractivity contribution in [2.24, 2.45) is 5.92 Å². The van der Waals surface area contributed by atoms with E-state index in [0.29, 0.717) is 5.92 Å². The average Bonchev–Trinajstić information content (AvgIpc) is 2.12. The fourth-order valence-electron chi connectivity index (χ4n) is 2.08. The molecular formula is C12H14BrF. The molecule has 1 saturated carbocycles. The second-order valence-electron chi connectivity index (χ2n) is 3.97. The summed E-state index contributed by atoms with van der Waals surface area (Å²) in [7, 11) is 0. The molecule has 0 saturated heterocycles. The van der Waals surface area contributed by atoms with Crippen LogP contribution in [0.15, 0.2) is 28.7 Å². The molecule has 1 aliphatic rings. The largest absolute Gasteiger partial charge is 0.250 e. The average molecular weight is 257 g/mol. The molecule has 0 heterocycles. The van der Waals surface area contributed by atoms with Crippen LogP contribution in [0.5, 0.6) is 0 Å². The fraction of sp³-hybridized carbons (Fsp3) is 0.500. The summed E-state index contributed by atoms with van der Waals surface area (Å²) in [6.45, 7) is -0.229. The Hall–Kier alpha value is -0.370. The Morgan fingerprint density at radius 2 is 2.07 bits per heavy atom. The Morgan fingerprint density at radius 1 is 1.36 bits per heavy atom. The normalized spacial score (nSPS) is 19.0. The molecule has 0 bridgehead atoms. The maximum absolute atomic E-state index is 13.0. The van der Waals surface area contributed by atoms with E-state index in [9.17, 15) is 4.39 Å². The minimum atomic E-state index is -0.229. The molecule has 0 N–H and O–H groups in total. The number of rotatable bonds is 3. The number of hydrogen-bond acceptors (Lipinski definition) is 0. The van der Waals surface area contributed by atoms with Crippen molar-refractivity contribution in [3.63, 3.8) is 0 Å². The molecule has 0 aliphatic heterocycles. The van der Waals surface area contributed by atoms with Gasteiger partial charge in [0.15, 0.2) is 0 Å². The molecular weight excluding hydrogens is 243 g/mol. The Bertz CT molecular complexity index is 307. The zero-order valence-electron chi connectivity index (χ0n) is 8.05. The van der Waals surface area contributed by atoms with Gasteiger partial charge in [-0.15, -0.1) is 0 Å². The van der Waals surface area contributed by atoms with Gasteiger partial charge >= 0.3 is 0 Å². The van der Waals surface area contributed by atoms with Gasteiger partial charge in [0.25, 0.3) is 0 Å². The van der Waals surface area contributed by atoms with Crippen molar-refractivity contribution in [3.8, 4) is 0 Å².